The number of carbonyl (C=O) groups excluding carboxylic acids is 1. The fourth-order valence-electron chi connectivity index (χ4n) is 6.69. The van der Waals surface area contributed by atoms with E-state index >= 15 is 0 Å². The molecule has 2 heterocycles. The molecule has 0 spiro atoms. The van der Waals surface area contributed by atoms with Gasteiger partial charge in [0.2, 0.25) is 15.9 Å². The summed E-state index contributed by atoms with van der Waals surface area (Å²) in [5.74, 6) is 3.00. The van der Waals surface area contributed by atoms with Crippen LogP contribution in [-0.2, 0) is 27.8 Å². The molecule has 7 nitrogen and oxygen atoms in total. The molecule has 0 atom stereocenters. The van der Waals surface area contributed by atoms with Crippen molar-refractivity contribution in [1.82, 2.24) is 14.3 Å². The van der Waals surface area contributed by atoms with E-state index in [-0.39, 0.29) is 23.6 Å². The molecule has 1 aliphatic heterocycles. The highest BCUT2D eigenvalue weighted by atomic mass is 32.2. The van der Waals surface area contributed by atoms with Gasteiger partial charge in [-0.3, -0.25) is 4.79 Å². The van der Waals surface area contributed by atoms with E-state index in [1.54, 1.807) is 0 Å². The number of amides is 1. The lowest BCUT2D eigenvalue weighted by Gasteiger charge is -2.55. The van der Waals surface area contributed by atoms with E-state index in [0.29, 0.717) is 48.7 Å². The smallest absolute Gasteiger partial charge is 0.231 e. The summed E-state index contributed by atoms with van der Waals surface area (Å²) in [7, 11) is -3.26. The number of carbonyl (C=O) groups is 1. The van der Waals surface area contributed by atoms with E-state index in [0.717, 1.165) is 24.8 Å². The van der Waals surface area contributed by atoms with Gasteiger partial charge >= 0.3 is 0 Å². The Kier molecular flexibility index (Phi) is 4.70. The summed E-state index contributed by atoms with van der Waals surface area (Å²) in [6, 6.07) is 0. The summed E-state index contributed by atoms with van der Waals surface area (Å²) in [5, 5.41) is 3.15. The fraction of sp³-hybridized carbons (Fsp3) is 0.762. The third-order valence-electron chi connectivity index (χ3n) is 7.58. The normalized spacial score (nSPS) is 33.5. The average Bonchev–Trinajstić information content (AvgIpc) is 2.66. The molecule has 0 radical (unpaired) electrons. The van der Waals surface area contributed by atoms with E-state index < -0.39 is 10.0 Å². The van der Waals surface area contributed by atoms with Crippen LogP contribution in [0.4, 0.5) is 5.82 Å². The number of sulfonamides is 1. The van der Waals surface area contributed by atoms with Crippen molar-refractivity contribution < 1.29 is 13.2 Å². The number of anilines is 1. The molecule has 1 aromatic rings. The lowest BCUT2D eigenvalue weighted by atomic mass is 9.49. The van der Waals surface area contributed by atoms with Crippen LogP contribution >= 0.6 is 0 Å². The second-order valence-electron chi connectivity index (χ2n) is 9.70. The van der Waals surface area contributed by atoms with Crippen molar-refractivity contribution in [3.05, 3.63) is 17.6 Å². The van der Waals surface area contributed by atoms with Crippen LogP contribution in [0.1, 0.15) is 63.1 Å². The quantitative estimate of drug-likeness (QED) is 0.794. The van der Waals surface area contributed by atoms with Crippen molar-refractivity contribution in [3.8, 4) is 0 Å². The minimum Gasteiger partial charge on any atom is -0.310 e. The van der Waals surface area contributed by atoms with Crippen LogP contribution in [0.25, 0.3) is 0 Å². The van der Waals surface area contributed by atoms with Gasteiger partial charge in [0.1, 0.15) is 12.1 Å². The highest BCUT2D eigenvalue weighted by molar-refractivity contribution is 7.89. The maximum Gasteiger partial charge on any atom is 0.231 e. The Hall–Kier alpha value is -1.54. The van der Waals surface area contributed by atoms with Crippen molar-refractivity contribution in [2.75, 3.05) is 17.6 Å². The standard InChI is InChI=1S/C21H30N4O3S/c1-2-5-29(27,28)25-4-3-17-18(12-25)22-13-23-19(17)24-20(26)21-9-14-6-15(10-21)8-16(7-14)11-21/h13-16H,2-12H2,1H3,(H,22,23,24,26). The van der Waals surface area contributed by atoms with Crippen LogP contribution in [-0.4, -0.2) is 40.9 Å². The predicted octanol–water partition coefficient (Wildman–Crippen LogP) is 2.73. The summed E-state index contributed by atoms with van der Waals surface area (Å²) in [5.41, 5.74) is 1.39. The second kappa shape index (κ2) is 7.01. The Bertz CT molecular complexity index is 895. The third kappa shape index (κ3) is 3.38. The maximum absolute atomic E-state index is 13.4. The molecule has 1 aromatic heterocycles. The molecule has 29 heavy (non-hydrogen) atoms. The SMILES string of the molecule is CCCS(=O)(=O)N1CCc2c(ncnc2NC(=O)C23CC4CC(CC(C4)C2)C3)C1. The van der Waals surface area contributed by atoms with Crippen molar-refractivity contribution in [3.63, 3.8) is 0 Å². The van der Waals surface area contributed by atoms with Gasteiger partial charge in [0.05, 0.1) is 23.4 Å². The molecule has 0 saturated heterocycles. The van der Waals surface area contributed by atoms with Crippen LogP contribution in [0.3, 0.4) is 0 Å². The molecule has 1 N–H and O–H groups in total. The van der Waals surface area contributed by atoms with E-state index in [1.807, 2.05) is 6.92 Å². The zero-order valence-electron chi connectivity index (χ0n) is 17.1. The number of aromatic nitrogens is 2. The van der Waals surface area contributed by atoms with Gasteiger partial charge in [-0.2, -0.15) is 4.31 Å². The van der Waals surface area contributed by atoms with Gasteiger partial charge in [0, 0.05) is 12.1 Å². The van der Waals surface area contributed by atoms with Crippen molar-refractivity contribution >= 4 is 21.7 Å². The Morgan fingerprint density at radius 1 is 1.17 bits per heavy atom. The molecule has 4 fully saturated rings. The molecule has 4 aliphatic carbocycles. The molecular weight excluding hydrogens is 388 g/mol. The highest BCUT2D eigenvalue weighted by Crippen LogP contribution is 2.60. The lowest BCUT2D eigenvalue weighted by Crippen LogP contribution is -2.52. The Morgan fingerprint density at radius 2 is 1.83 bits per heavy atom. The first-order valence-corrected chi connectivity index (χ1v) is 12.6. The third-order valence-corrected chi connectivity index (χ3v) is 9.60. The molecule has 158 valence electrons. The molecule has 6 rings (SSSR count). The highest BCUT2D eigenvalue weighted by Gasteiger charge is 2.54. The van der Waals surface area contributed by atoms with Crippen LogP contribution in [0.2, 0.25) is 0 Å². The van der Waals surface area contributed by atoms with Crippen molar-refractivity contribution in [1.29, 1.82) is 0 Å². The first-order chi connectivity index (χ1) is 13.9. The van der Waals surface area contributed by atoms with Gasteiger partial charge in [-0.15, -0.1) is 0 Å². The van der Waals surface area contributed by atoms with Gasteiger partial charge in [0.15, 0.2) is 0 Å². The summed E-state index contributed by atoms with van der Waals surface area (Å²) in [6.45, 7) is 2.55. The minimum absolute atomic E-state index is 0.124. The number of nitrogens with one attached hydrogen (secondary N) is 1. The summed E-state index contributed by atoms with van der Waals surface area (Å²) in [6.07, 6.45) is 9.54. The van der Waals surface area contributed by atoms with Crippen LogP contribution in [0.5, 0.6) is 0 Å². The summed E-state index contributed by atoms with van der Waals surface area (Å²) >= 11 is 0. The molecule has 5 aliphatic rings. The van der Waals surface area contributed by atoms with Crippen LogP contribution in [0, 0.1) is 23.2 Å². The number of nitrogens with zero attached hydrogens (tertiary/aromatic N) is 3. The molecule has 4 bridgehead atoms. The topological polar surface area (TPSA) is 92.3 Å². The van der Waals surface area contributed by atoms with Gasteiger partial charge in [-0.25, -0.2) is 18.4 Å². The predicted molar refractivity (Wildman–Crippen MR) is 109 cm³/mol. The number of hydrogen-bond donors (Lipinski definition) is 1. The lowest BCUT2D eigenvalue weighted by molar-refractivity contribution is -0.140. The number of hydrogen-bond acceptors (Lipinski definition) is 5. The Balaban J connectivity index is 1.35. The van der Waals surface area contributed by atoms with E-state index in [9.17, 15) is 13.2 Å². The zero-order chi connectivity index (χ0) is 20.2. The second-order valence-corrected chi connectivity index (χ2v) is 11.8. The van der Waals surface area contributed by atoms with Crippen LogP contribution in [0.15, 0.2) is 6.33 Å². The van der Waals surface area contributed by atoms with Gasteiger partial charge < -0.3 is 5.32 Å². The summed E-state index contributed by atoms with van der Waals surface area (Å²) in [4.78, 5) is 22.1. The van der Waals surface area contributed by atoms with E-state index in [1.165, 1.54) is 29.9 Å². The maximum atomic E-state index is 13.4. The van der Waals surface area contributed by atoms with Gasteiger partial charge in [-0.1, -0.05) is 6.92 Å². The monoisotopic (exact) mass is 418 g/mol. The molecule has 8 heteroatoms. The minimum atomic E-state index is -3.26. The Morgan fingerprint density at radius 3 is 2.45 bits per heavy atom. The molecule has 0 aromatic carbocycles. The first kappa shape index (κ1) is 19.4. The number of rotatable bonds is 5. The average molecular weight is 419 g/mol. The number of fused-ring (bicyclic) bond motifs is 1. The first-order valence-electron chi connectivity index (χ1n) is 11.0. The van der Waals surface area contributed by atoms with Crippen LogP contribution < -0.4 is 5.32 Å². The largest absolute Gasteiger partial charge is 0.310 e. The summed E-state index contributed by atoms with van der Waals surface area (Å²) < 4.78 is 26.4. The Labute approximate surface area is 172 Å². The van der Waals surface area contributed by atoms with Gasteiger partial charge in [0.25, 0.3) is 0 Å². The van der Waals surface area contributed by atoms with Gasteiger partial charge in [-0.05, 0) is 69.1 Å². The molecule has 1 amide bonds. The molecular formula is C21H30N4O3S. The zero-order valence-corrected chi connectivity index (χ0v) is 17.9. The molecule has 4 saturated carbocycles. The van der Waals surface area contributed by atoms with Crippen molar-refractivity contribution in [2.24, 2.45) is 23.2 Å². The fourth-order valence-corrected chi connectivity index (χ4v) is 8.15. The van der Waals surface area contributed by atoms with Crippen molar-refractivity contribution in [2.45, 2.75) is 64.8 Å². The van der Waals surface area contributed by atoms with E-state index in [4.69, 9.17) is 0 Å². The molecule has 0 unspecified atom stereocenters. The van der Waals surface area contributed by atoms with E-state index in [2.05, 4.69) is 15.3 Å².